The number of aromatic nitrogens is 3. The van der Waals surface area contributed by atoms with Crippen LogP contribution in [0.1, 0.15) is 110 Å². The van der Waals surface area contributed by atoms with Crippen molar-refractivity contribution in [1.29, 1.82) is 0 Å². The van der Waals surface area contributed by atoms with E-state index in [1.807, 2.05) is 35.3 Å². The minimum absolute atomic E-state index is 0.715. The number of rotatable bonds is 12. The maximum atomic E-state index is 3.49. The third-order valence-electron chi connectivity index (χ3n) is 16.7. The van der Waals surface area contributed by atoms with Gasteiger partial charge in [0.25, 0.3) is 0 Å². The molecule has 6 aliphatic rings. The SMILES string of the molecule is CCCN1C[C@H](CSC)C[C@@H]2c3cccc4[nH]cc(c34)C[C@H]21.CCCN1C[C@H](CSC)C[C@@H]2c3cccc4[nH]cc(c34)C[C@H]21.CCCN1C[C@H](CSC)C[C@@H]2c3cccc4[nH]cc(c34)C[C@H]21. The molecule has 0 radical (unpaired) electrons. The van der Waals surface area contributed by atoms with Crippen LogP contribution in [0.5, 0.6) is 0 Å². The average Bonchev–Trinajstić information content (AvgIpc) is 4.08. The molecule has 6 aromatic rings. The number of hydrogen-bond donors (Lipinski definition) is 3. The van der Waals surface area contributed by atoms with E-state index in [0.29, 0.717) is 18.1 Å². The number of H-pyrrole nitrogens is 3. The van der Waals surface area contributed by atoms with Crippen molar-refractivity contribution in [3.63, 3.8) is 0 Å². The first-order valence-corrected chi connectivity index (χ1v) is 30.1. The van der Waals surface area contributed by atoms with Crippen molar-refractivity contribution in [1.82, 2.24) is 29.7 Å². The van der Waals surface area contributed by atoms with Gasteiger partial charge >= 0.3 is 0 Å². The molecule has 66 heavy (non-hydrogen) atoms. The van der Waals surface area contributed by atoms with Crippen molar-refractivity contribution in [2.24, 2.45) is 17.8 Å². The number of nitrogens with one attached hydrogen (secondary N) is 3. The number of thioether (sulfide) groups is 3. The Labute approximate surface area is 409 Å². The second-order valence-electron chi connectivity index (χ2n) is 21.0. The monoisotopic (exact) mass is 943 g/mol. The van der Waals surface area contributed by atoms with E-state index in [9.17, 15) is 0 Å². The van der Waals surface area contributed by atoms with E-state index in [1.165, 1.54) is 164 Å². The molecule has 3 fully saturated rings. The molecule has 3 aliphatic heterocycles. The zero-order valence-electron chi connectivity index (χ0n) is 40.9. The van der Waals surface area contributed by atoms with Gasteiger partial charge in [-0.05, 0) is 183 Å². The summed E-state index contributed by atoms with van der Waals surface area (Å²) in [5, 5.41) is 4.60. The van der Waals surface area contributed by atoms with Gasteiger partial charge in [0.05, 0.1) is 0 Å². The maximum absolute atomic E-state index is 3.49. The first-order chi connectivity index (χ1) is 32.4. The summed E-state index contributed by atoms with van der Waals surface area (Å²) in [6.07, 6.45) is 25.1. The van der Waals surface area contributed by atoms with Crippen molar-refractivity contribution >= 4 is 68.0 Å². The number of benzene rings is 3. The highest BCUT2D eigenvalue weighted by molar-refractivity contribution is 7.99. The van der Waals surface area contributed by atoms with E-state index < -0.39 is 0 Å². The van der Waals surface area contributed by atoms with Gasteiger partial charge < -0.3 is 15.0 Å². The van der Waals surface area contributed by atoms with E-state index >= 15 is 0 Å². The van der Waals surface area contributed by atoms with Crippen LogP contribution in [0.25, 0.3) is 32.7 Å². The Morgan fingerprint density at radius 2 is 0.758 bits per heavy atom. The van der Waals surface area contributed by atoms with Crippen LogP contribution in [0.3, 0.4) is 0 Å². The maximum Gasteiger partial charge on any atom is 0.0459 e. The Balaban J connectivity index is 0.000000116. The van der Waals surface area contributed by atoms with Gasteiger partial charge in [-0.25, -0.2) is 0 Å². The van der Waals surface area contributed by atoms with Crippen molar-refractivity contribution in [3.05, 3.63) is 107 Å². The number of hydrogen-bond acceptors (Lipinski definition) is 6. The molecular weight excluding hydrogens is 865 g/mol. The summed E-state index contributed by atoms with van der Waals surface area (Å²) in [4.78, 5) is 18.9. The van der Waals surface area contributed by atoms with Gasteiger partial charge in [0.1, 0.15) is 0 Å². The summed E-state index contributed by atoms with van der Waals surface area (Å²) >= 11 is 6.04. The normalized spacial score (nSPS) is 28.0. The molecule has 3 aliphatic carbocycles. The minimum atomic E-state index is 0.715. The summed E-state index contributed by atoms with van der Waals surface area (Å²) in [6.45, 7) is 14.6. The molecule has 0 unspecified atom stereocenters. The van der Waals surface area contributed by atoms with Crippen LogP contribution in [-0.2, 0) is 19.3 Å². The Hall–Kier alpha value is -2.79. The fourth-order valence-electron chi connectivity index (χ4n) is 14.4. The molecule has 0 bridgehead atoms. The van der Waals surface area contributed by atoms with E-state index in [4.69, 9.17) is 0 Å². The van der Waals surface area contributed by atoms with E-state index in [1.54, 1.807) is 16.7 Å². The largest absolute Gasteiger partial charge is 0.361 e. The lowest BCUT2D eigenvalue weighted by atomic mass is 9.72. The van der Waals surface area contributed by atoms with Gasteiger partial charge in [-0.2, -0.15) is 35.3 Å². The first kappa shape index (κ1) is 46.9. The van der Waals surface area contributed by atoms with Crippen LogP contribution in [0.15, 0.2) is 73.2 Å². The van der Waals surface area contributed by atoms with Crippen LogP contribution >= 0.6 is 35.3 Å². The predicted octanol–water partition coefficient (Wildman–Crippen LogP) is 12.8. The Morgan fingerprint density at radius 1 is 0.455 bits per heavy atom. The highest BCUT2D eigenvalue weighted by Crippen LogP contribution is 2.48. The van der Waals surface area contributed by atoms with Gasteiger partial charge in [-0.1, -0.05) is 57.2 Å². The molecule has 9 atom stereocenters. The molecule has 12 rings (SSSR count). The minimum Gasteiger partial charge on any atom is -0.361 e. The molecule has 3 saturated heterocycles. The molecule has 0 amide bonds. The van der Waals surface area contributed by atoms with Gasteiger partial charge in [0, 0.05) is 107 Å². The topological polar surface area (TPSA) is 57.1 Å². The van der Waals surface area contributed by atoms with Crippen molar-refractivity contribution in [2.45, 2.75) is 114 Å². The zero-order chi connectivity index (χ0) is 45.3. The fourth-order valence-corrected chi connectivity index (χ4v) is 16.5. The Kier molecular flexibility index (Phi) is 15.0. The second kappa shape index (κ2) is 21.1. The van der Waals surface area contributed by atoms with Gasteiger partial charge in [-0.15, -0.1) is 0 Å². The van der Waals surface area contributed by atoms with Crippen molar-refractivity contribution < 1.29 is 0 Å². The van der Waals surface area contributed by atoms with Crippen LogP contribution in [-0.4, -0.2) is 123 Å². The van der Waals surface area contributed by atoms with Gasteiger partial charge in [-0.3, -0.25) is 14.7 Å². The molecule has 0 saturated carbocycles. The molecule has 3 aromatic heterocycles. The first-order valence-electron chi connectivity index (χ1n) is 25.9. The van der Waals surface area contributed by atoms with Crippen molar-refractivity contribution in [2.75, 3.05) is 75.3 Å². The van der Waals surface area contributed by atoms with E-state index in [2.05, 4.69) is 142 Å². The number of fused-ring (bicyclic) bond motifs is 6. The summed E-state index contributed by atoms with van der Waals surface area (Å²) in [5.41, 5.74) is 13.4. The van der Waals surface area contributed by atoms with Crippen LogP contribution in [0.2, 0.25) is 0 Å². The molecule has 6 heterocycles. The molecule has 3 N–H and O–H groups in total. The number of piperidine rings is 3. The lowest BCUT2D eigenvalue weighted by Gasteiger charge is -2.47. The molecule has 354 valence electrons. The molecular formula is C57H78N6S3. The number of aromatic amines is 3. The summed E-state index contributed by atoms with van der Waals surface area (Å²) < 4.78 is 0. The summed E-state index contributed by atoms with van der Waals surface area (Å²) in [6, 6.07) is 22.7. The van der Waals surface area contributed by atoms with Gasteiger partial charge in [0.2, 0.25) is 0 Å². The molecule has 3 aromatic carbocycles. The van der Waals surface area contributed by atoms with Crippen LogP contribution in [0, 0.1) is 17.8 Å². The van der Waals surface area contributed by atoms with Crippen LogP contribution < -0.4 is 0 Å². The molecule has 9 heteroatoms. The predicted molar refractivity (Wildman–Crippen MR) is 291 cm³/mol. The summed E-state index contributed by atoms with van der Waals surface area (Å²) in [7, 11) is 0. The number of likely N-dealkylation sites (tertiary alicyclic amines) is 3. The second-order valence-corrected chi connectivity index (χ2v) is 23.8. The zero-order valence-corrected chi connectivity index (χ0v) is 43.4. The fraction of sp³-hybridized carbons (Fsp3) is 0.579. The Morgan fingerprint density at radius 3 is 1.03 bits per heavy atom. The highest BCUT2D eigenvalue weighted by atomic mass is 32.2. The smallest absolute Gasteiger partial charge is 0.0459 e. The van der Waals surface area contributed by atoms with Gasteiger partial charge in [0.15, 0.2) is 0 Å². The van der Waals surface area contributed by atoms with E-state index in [-0.39, 0.29) is 0 Å². The quantitative estimate of drug-likeness (QED) is 0.114. The summed E-state index contributed by atoms with van der Waals surface area (Å²) in [5.74, 6) is 8.63. The number of nitrogens with zero attached hydrogens (tertiary/aromatic N) is 3. The lowest BCUT2D eigenvalue weighted by molar-refractivity contribution is 0.0926. The average molecular weight is 943 g/mol. The van der Waals surface area contributed by atoms with Crippen molar-refractivity contribution in [3.8, 4) is 0 Å². The van der Waals surface area contributed by atoms with Crippen LogP contribution in [0.4, 0.5) is 0 Å². The Bertz CT molecular complexity index is 2260. The third-order valence-corrected chi connectivity index (χ3v) is 19.1. The standard InChI is InChI=1S/3C19H26N2S/c3*1-3-7-21-11-13(12-22-2)8-16-15-5-4-6-17-19(15)14(10-20-17)9-18(16)21/h3*4-6,10,13,16,18,20H,3,7-9,11-12H2,1-2H3/t3*13-,16-,18-/m111/s1. The van der Waals surface area contributed by atoms with E-state index in [0.717, 1.165) is 35.5 Å². The molecule has 6 nitrogen and oxygen atoms in total. The third kappa shape index (κ3) is 9.09. The highest BCUT2D eigenvalue weighted by Gasteiger charge is 2.43. The lowest BCUT2D eigenvalue weighted by Crippen LogP contribution is -2.50. The molecule has 0 spiro atoms.